The monoisotopic (exact) mass is 472 g/mol. The first kappa shape index (κ1) is 21.5. The molecule has 2 heterocycles. The number of methoxy groups -OCH3 is 1. The van der Waals surface area contributed by atoms with Gasteiger partial charge in [-0.25, -0.2) is 4.98 Å². The maximum absolute atomic E-state index is 13.3. The third-order valence-corrected chi connectivity index (χ3v) is 5.59. The Hall–Kier alpha value is -4.36. The fourth-order valence-corrected chi connectivity index (χ4v) is 3.83. The number of nitrogens with zero attached hydrogens (tertiary/aromatic N) is 2. The first-order valence-electron chi connectivity index (χ1n) is 10.2. The SMILES string of the molecule is COc1cccc(-c2nc3c(O)c(C(=O)c4ccc(=O)n(-c5cccc(Cl)c5)c4)ccc3o2)c1. The first-order chi connectivity index (χ1) is 16.4. The van der Waals surface area contributed by atoms with E-state index in [0.717, 1.165) is 0 Å². The van der Waals surface area contributed by atoms with E-state index < -0.39 is 5.78 Å². The van der Waals surface area contributed by atoms with Gasteiger partial charge < -0.3 is 14.3 Å². The lowest BCUT2D eigenvalue weighted by Crippen LogP contribution is -2.18. The van der Waals surface area contributed by atoms with Gasteiger partial charge in [0.25, 0.3) is 5.56 Å². The van der Waals surface area contributed by atoms with Gasteiger partial charge in [-0.15, -0.1) is 0 Å². The molecule has 0 radical (unpaired) electrons. The molecule has 0 saturated heterocycles. The summed E-state index contributed by atoms with van der Waals surface area (Å²) < 4.78 is 12.3. The molecule has 1 N–H and O–H groups in total. The lowest BCUT2D eigenvalue weighted by molar-refractivity contribution is 0.103. The number of rotatable bonds is 5. The van der Waals surface area contributed by atoms with Crippen LogP contribution in [0.25, 0.3) is 28.2 Å². The summed E-state index contributed by atoms with van der Waals surface area (Å²) in [4.78, 5) is 30.0. The van der Waals surface area contributed by atoms with Crippen molar-refractivity contribution in [3.8, 4) is 28.6 Å². The summed E-state index contributed by atoms with van der Waals surface area (Å²) >= 11 is 6.05. The summed E-state index contributed by atoms with van der Waals surface area (Å²) in [5, 5.41) is 11.3. The minimum Gasteiger partial charge on any atom is -0.505 e. The Morgan fingerprint density at radius 1 is 1.06 bits per heavy atom. The molecule has 0 spiro atoms. The van der Waals surface area contributed by atoms with E-state index in [1.54, 1.807) is 61.7 Å². The highest BCUT2D eigenvalue weighted by atomic mass is 35.5. The summed E-state index contributed by atoms with van der Waals surface area (Å²) in [6.07, 6.45) is 1.42. The van der Waals surface area contributed by atoms with Gasteiger partial charge in [0, 0.05) is 28.4 Å². The fraction of sp³-hybridized carbons (Fsp3) is 0.0385. The molecule has 168 valence electrons. The van der Waals surface area contributed by atoms with Gasteiger partial charge in [-0.1, -0.05) is 23.7 Å². The lowest BCUT2D eigenvalue weighted by Gasteiger charge is -2.09. The standard InChI is InChI=1S/C26H17ClN2O5/c1-33-19-7-2-4-15(12-19)26-28-23-21(34-26)10-9-20(25(23)32)24(31)16-8-11-22(30)29(14-16)18-6-3-5-17(27)13-18/h2-14,32H,1H3. The van der Waals surface area contributed by atoms with Crippen LogP contribution < -0.4 is 10.3 Å². The van der Waals surface area contributed by atoms with Crippen molar-refractivity contribution in [3.05, 3.63) is 105 Å². The van der Waals surface area contributed by atoms with E-state index in [2.05, 4.69) is 4.98 Å². The second-order valence-electron chi connectivity index (χ2n) is 7.49. The van der Waals surface area contributed by atoms with Crippen molar-refractivity contribution in [2.75, 3.05) is 7.11 Å². The van der Waals surface area contributed by atoms with Crippen molar-refractivity contribution < 1.29 is 19.1 Å². The minimum atomic E-state index is -0.471. The number of phenols is 1. The minimum absolute atomic E-state index is 0.0364. The third kappa shape index (κ3) is 3.82. The van der Waals surface area contributed by atoms with Crippen LogP contribution in [0.4, 0.5) is 0 Å². The van der Waals surface area contributed by atoms with Crippen LogP contribution in [0.15, 0.2) is 88.2 Å². The van der Waals surface area contributed by atoms with Crippen LogP contribution >= 0.6 is 11.6 Å². The fourth-order valence-electron chi connectivity index (χ4n) is 3.65. The second-order valence-corrected chi connectivity index (χ2v) is 7.93. The van der Waals surface area contributed by atoms with Crippen LogP contribution in [0, 0.1) is 0 Å². The normalized spacial score (nSPS) is 11.0. The maximum atomic E-state index is 13.3. The van der Waals surface area contributed by atoms with E-state index in [1.165, 1.54) is 29.0 Å². The number of fused-ring (bicyclic) bond motifs is 1. The molecule has 8 heteroatoms. The molecule has 0 amide bonds. The number of aromatic hydroxyl groups is 1. The highest BCUT2D eigenvalue weighted by molar-refractivity contribution is 6.30. The predicted octanol–water partition coefficient (Wildman–Crippen LogP) is 5.24. The first-order valence-corrected chi connectivity index (χ1v) is 10.6. The second kappa shape index (κ2) is 8.53. The number of benzene rings is 3. The van der Waals surface area contributed by atoms with Crippen molar-refractivity contribution in [3.63, 3.8) is 0 Å². The van der Waals surface area contributed by atoms with Crippen molar-refractivity contribution in [1.82, 2.24) is 9.55 Å². The van der Waals surface area contributed by atoms with Crippen LogP contribution in [0.3, 0.4) is 0 Å². The van der Waals surface area contributed by atoms with E-state index in [4.69, 9.17) is 20.8 Å². The molecule has 34 heavy (non-hydrogen) atoms. The van der Waals surface area contributed by atoms with Crippen LogP contribution in [0.2, 0.25) is 5.02 Å². The number of hydrogen-bond donors (Lipinski definition) is 1. The van der Waals surface area contributed by atoms with Crippen LogP contribution in [-0.4, -0.2) is 27.6 Å². The topological polar surface area (TPSA) is 94.6 Å². The highest BCUT2D eigenvalue weighted by Gasteiger charge is 2.21. The molecule has 0 atom stereocenters. The average Bonchev–Trinajstić information content (AvgIpc) is 3.30. The molecule has 5 rings (SSSR count). The smallest absolute Gasteiger partial charge is 0.255 e. The molecule has 0 bridgehead atoms. The van der Waals surface area contributed by atoms with Crippen LogP contribution in [0.5, 0.6) is 11.5 Å². The molecule has 0 unspecified atom stereocenters. The van der Waals surface area contributed by atoms with Gasteiger partial charge in [0.2, 0.25) is 5.89 Å². The van der Waals surface area contributed by atoms with E-state index in [9.17, 15) is 14.7 Å². The largest absolute Gasteiger partial charge is 0.505 e. The molecular weight excluding hydrogens is 456 g/mol. The number of oxazole rings is 1. The Balaban J connectivity index is 1.56. The molecule has 2 aromatic heterocycles. The number of carbonyl (C=O) groups excluding carboxylic acids is 1. The molecule has 0 aliphatic rings. The van der Waals surface area contributed by atoms with E-state index >= 15 is 0 Å². The Morgan fingerprint density at radius 2 is 1.88 bits per heavy atom. The number of aromatic nitrogens is 2. The molecule has 3 aromatic carbocycles. The molecule has 5 aromatic rings. The summed E-state index contributed by atoms with van der Waals surface area (Å²) in [5.74, 6) is 0.139. The Bertz CT molecular complexity index is 1620. The van der Waals surface area contributed by atoms with E-state index in [0.29, 0.717) is 27.6 Å². The van der Waals surface area contributed by atoms with Gasteiger partial charge in [-0.2, -0.15) is 0 Å². The predicted molar refractivity (Wildman–Crippen MR) is 128 cm³/mol. The summed E-state index contributed by atoms with van der Waals surface area (Å²) in [7, 11) is 1.56. The Kier molecular flexibility index (Phi) is 5.39. The van der Waals surface area contributed by atoms with E-state index in [1.807, 2.05) is 0 Å². The van der Waals surface area contributed by atoms with Crippen molar-refractivity contribution in [2.45, 2.75) is 0 Å². The van der Waals surface area contributed by atoms with Crippen molar-refractivity contribution >= 4 is 28.5 Å². The Morgan fingerprint density at radius 3 is 2.68 bits per heavy atom. The average molecular weight is 473 g/mol. The number of halogens is 1. The molecule has 0 saturated carbocycles. The maximum Gasteiger partial charge on any atom is 0.255 e. The molecular formula is C26H17ClN2O5. The number of ether oxygens (including phenoxy) is 1. The zero-order valence-corrected chi connectivity index (χ0v) is 18.6. The van der Waals surface area contributed by atoms with Crippen molar-refractivity contribution in [1.29, 1.82) is 0 Å². The number of hydrogen-bond acceptors (Lipinski definition) is 6. The summed E-state index contributed by atoms with van der Waals surface area (Å²) in [6, 6.07) is 19.6. The number of carbonyl (C=O) groups is 1. The Labute approximate surface area is 198 Å². The van der Waals surface area contributed by atoms with Crippen LogP contribution in [0.1, 0.15) is 15.9 Å². The highest BCUT2D eigenvalue weighted by Crippen LogP contribution is 2.34. The van der Waals surface area contributed by atoms with Gasteiger partial charge in [-0.3, -0.25) is 14.2 Å². The van der Waals surface area contributed by atoms with Gasteiger partial charge in [-0.05, 0) is 54.6 Å². The molecule has 7 nitrogen and oxygen atoms in total. The summed E-state index contributed by atoms with van der Waals surface area (Å²) in [6.45, 7) is 0. The van der Waals surface area contributed by atoms with Gasteiger partial charge in [0.1, 0.15) is 5.75 Å². The zero-order chi connectivity index (χ0) is 23.8. The number of phenolic OH excluding ortho intramolecular Hbond substituents is 1. The summed E-state index contributed by atoms with van der Waals surface area (Å²) in [5.41, 5.74) is 1.60. The van der Waals surface area contributed by atoms with E-state index in [-0.39, 0.29) is 33.8 Å². The number of ketones is 1. The third-order valence-electron chi connectivity index (χ3n) is 5.36. The van der Waals surface area contributed by atoms with Gasteiger partial charge in [0.15, 0.2) is 22.6 Å². The zero-order valence-electron chi connectivity index (χ0n) is 17.9. The quantitative estimate of drug-likeness (QED) is 0.351. The van der Waals surface area contributed by atoms with Gasteiger partial charge >= 0.3 is 0 Å². The molecule has 0 aliphatic heterocycles. The molecule has 0 aliphatic carbocycles. The molecule has 0 fully saturated rings. The van der Waals surface area contributed by atoms with Gasteiger partial charge in [0.05, 0.1) is 18.4 Å². The van der Waals surface area contributed by atoms with Crippen LogP contribution in [-0.2, 0) is 0 Å². The number of pyridine rings is 1. The lowest BCUT2D eigenvalue weighted by atomic mass is 10.0. The van der Waals surface area contributed by atoms with Crippen molar-refractivity contribution in [2.24, 2.45) is 0 Å².